The fourth-order valence-corrected chi connectivity index (χ4v) is 3.11. The van der Waals surface area contributed by atoms with Crippen LogP contribution < -0.4 is 10.2 Å². The SMILES string of the molecule is CCNC(=O)[C@H](C)OC(=O)C1CCN(c2ccc(C(F)(F)F)cc2[N+](=O)[O-])CC1. The molecule has 0 aromatic heterocycles. The van der Waals surface area contributed by atoms with E-state index in [1.807, 2.05) is 0 Å². The number of piperidine rings is 1. The summed E-state index contributed by atoms with van der Waals surface area (Å²) < 4.78 is 43.7. The zero-order valence-electron chi connectivity index (χ0n) is 16.0. The fourth-order valence-electron chi connectivity index (χ4n) is 3.11. The predicted octanol–water partition coefficient (Wildman–Crippen LogP) is 2.90. The molecule has 0 saturated carbocycles. The maximum absolute atomic E-state index is 12.8. The van der Waals surface area contributed by atoms with Crippen LogP contribution in [0.4, 0.5) is 24.5 Å². The van der Waals surface area contributed by atoms with Gasteiger partial charge in [-0.25, -0.2) is 0 Å². The first-order valence-electron chi connectivity index (χ1n) is 9.13. The predicted molar refractivity (Wildman–Crippen MR) is 97.3 cm³/mol. The minimum Gasteiger partial charge on any atom is -0.452 e. The van der Waals surface area contributed by atoms with Gasteiger partial charge in [-0.15, -0.1) is 0 Å². The number of benzene rings is 1. The molecule has 1 N–H and O–H groups in total. The van der Waals surface area contributed by atoms with E-state index in [0.29, 0.717) is 25.5 Å². The summed E-state index contributed by atoms with van der Waals surface area (Å²) in [5.41, 5.74) is -1.65. The molecule has 1 aromatic carbocycles. The van der Waals surface area contributed by atoms with Crippen molar-refractivity contribution in [2.75, 3.05) is 24.5 Å². The van der Waals surface area contributed by atoms with Crippen LogP contribution in [0.5, 0.6) is 0 Å². The number of carbonyl (C=O) groups excluding carboxylic acids is 2. The third kappa shape index (κ3) is 5.58. The van der Waals surface area contributed by atoms with Crippen LogP contribution in [-0.4, -0.2) is 42.5 Å². The van der Waals surface area contributed by atoms with E-state index in [4.69, 9.17) is 4.74 Å². The first-order chi connectivity index (χ1) is 13.5. The number of nitro benzene ring substituents is 1. The maximum atomic E-state index is 12.8. The molecule has 1 aromatic rings. The number of esters is 1. The molecule has 160 valence electrons. The summed E-state index contributed by atoms with van der Waals surface area (Å²) in [4.78, 5) is 35.9. The van der Waals surface area contributed by atoms with E-state index in [1.165, 1.54) is 6.92 Å². The van der Waals surface area contributed by atoms with Crippen molar-refractivity contribution in [2.24, 2.45) is 5.92 Å². The lowest BCUT2D eigenvalue weighted by Gasteiger charge is -2.32. The molecule has 0 bridgehead atoms. The number of amides is 1. The Morgan fingerprint density at radius 1 is 1.34 bits per heavy atom. The number of halogens is 3. The van der Waals surface area contributed by atoms with Crippen LogP contribution in [0.2, 0.25) is 0 Å². The van der Waals surface area contributed by atoms with E-state index < -0.39 is 46.2 Å². The molecule has 1 aliphatic rings. The van der Waals surface area contributed by atoms with Gasteiger partial charge in [-0.1, -0.05) is 0 Å². The number of nitro groups is 1. The average Bonchev–Trinajstić information content (AvgIpc) is 2.67. The standard InChI is InChI=1S/C18H22F3N3O5/c1-3-22-16(25)11(2)29-17(26)12-6-8-23(9-7-12)14-5-4-13(18(19,20)21)10-15(14)24(27)28/h4-5,10-12H,3,6-9H2,1-2H3,(H,22,25)/t11-/m0/s1. The molecule has 1 atom stereocenters. The Hall–Kier alpha value is -2.85. The minimum absolute atomic E-state index is 0.0745. The highest BCUT2D eigenvalue weighted by Crippen LogP contribution is 2.37. The van der Waals surface area contributed by atoms with Crippen molar-refractivity contribution < 1.29 is 32.4 Å². The van der Waals surface area contributed by atoms with E-state index in [2.05, 4.69) is 5.32 Å². The number of nitrogens with zero attached hydrogens (tertiary/aromatic N) is 2. The van der Waals surface area contributed by atoms with E-state index in [1.54, 1.807) is 11.8 Å². The van der Waals surface area contributed by atoms with Crippen molar-refractivity contribution in [3.8, 4) is 0 Å². The number of alkyl halides is 3. The number of rotatable bonds is 6. The third-order valence-electron chi connectivity index (χ3n) is 4.68. The molecule has 29 heavy (non-hydrogen) atoms. The quantitative estimate of drug-likeness (QED) is 0.434. The molecule has 0 aliphatic carbocycles. The van der Waals surface area contributed by atoms with E-state index >= 15 is 0 Å². The lowest BCUT2D eigenvalue weighted by Crippen LogP contribution is -2.40. The topological polar surface area (TPSA) is 102 Å². The Balaban J connectivity index is 2.04. The number of carbonyl (C=O) groups is 2. The molecule has 0 unspecified atom stereocenters. The van der Waals surface area contributed by atoms with Gasteiger partial charge in [0.1, 0.15) is 5.69 Å². The van der Waals surface area contributed by atoms with Crippen LogP contribution in [0.1, 0.15) is 32.3 Å². The van der Waals surface area contributed by atoms with Crippen LogP contribution in [0.25, 0.3) is 0 Å². The molecule has 1 fully saturated rings. The Labute approximate surface area is 165 Å². The van der Waals surface area contributed by atoms with Crippen LogP contribution in [0.15, 0.2) is 18.2 Å². The highest BCUT2D eigenvalue weighted by atomic mass is 19.4. The third-order valence-corrected chi connectivity index (χ3v) is 4.68. The summed E-state index contributed by atoms with van der Waals surface area (Å²) in [5.74, 6) is -1.43. The Kier molecular flexibility index (Phi) is 7.04. The number of likely N-dealkylation sites (N-methyl/N-ethyl adjacent to an activating group) is 1. The van der Waals surface area contributed by atoms with Crippen molar-refractivity contribution in [3.63, 3.8) is 0 Å². The van der Waals surface area contributed by atoms with Crippen molar-refractivity contribution >= 4 is 23.3 Å². The van der Waals surface area contributed by atoms with Gasteiger partial charge in [0.05, 0.1) is 16.4 Å². The lowest BCUT2D eigenvalue weighted by molar-refractivity contribution is -0.384. The molecule has 1 aliphatic heterocycles. The first kappa shape index (κ1) is 22.4. The zero-order chi connectivity index (χ0) is 21.8. The summed E-state index contributed by atoms with van der Waals surface area (Å²) in [6.45, 7) is 4.08. The number of nitrogens with one attached hydrogen (secondary N) is 1. The van der Waals surface area contributed by atoms with Crippen molar-refractivity contribution in [3.05, 3.63) is 33.9 Å². The number of hydrogen-bond donors (Lipinski definition) is 1. The molecule has 1 heterocycles. The summed E-state index contributed by atoms with van der Waals surface area (Å²) in [5, 5.41) is 13.8. The van der Waals surface area contributed by atoms with Gasteiger partial charge < -0.3 is 15.0 Å². The molecule has 11 heteroatoms. The molecule has 0 spiro atoms. The second-order valence-corrected chi connectivity index (χ2v) is 6.69. The zero-order valence-corrected chi connectivity index (χ0v) is 16.0. The van der Waals surface area contributed by atoms with Gasteiger partial charge in [0.15, 0.2) is 6.10 Å². The van der Waals surface area contributed by atoms with Crippen LogP contribution in [0.3, 0.4) is 0 Å². The molecule has 1 saturated heterocycles. The molecule has 1 amide bonds. The lowest BCUT2D eigenvalue weighted by atomic mass is 9.96. The monoisotopic (exact) mass is 417 g/mol. The highest BCUT2D eigenvalue weighted by Gasteiger charge is 2.35. The van der Waals surface area contributed by atoms with Crippen LogP contribution in [0, 0.1) is 16.0 Å². The maximum Gasteiger partial charge on any atom is 0.416 e. The van der Waals surface area contributed by atoms with Gasteiger partial charge in [0.25, 0.3) is 11.6 Å². The van der Waals surface area contributed by atoms with Crippen molar-refractivity contribution in [1.29, 1.82) is 0 Å². The minimum atomic E-state index is -4.68. The van der Waals surface area contributed by atoms with Gasteiger partial charge in [0, 0.05) is 25.7 Å². The molecular weight excluding hydrogens is 395 g/mol. The molecule has 2 rings (SSSR count). The molecule has 0 radical (unpaired) electrons. The van der Waals surface area contributed by atoms with Gasteiger partial charge >= 0.3 is 12.1 Å². The van der Waals surface area contributed by atoms with Gasteiger partial charge in [-0.2, -0.15) is 13.2 Å². The Morgan fingerprint density at radius 3 is 2.48 bits per heavy atom. The fraction of sp³-hybridized carbons (Fsp3) is 0.556. The second-order valence-electron chi connectivity index (χ2n) is 6.69. The number of hydrogen-bond acceptors (Lipinski definition) is 6. The molecule has 8 nitrogen and oxygen atoms in total. The van der Waals surface area contributed by atoms with Gasteiger partial charge in [0.2, 0.25) is 0 Å². The summed E-state index contributed by atoms with van der Waals surface area (Å²) >= 11 is 0. The van der Waals surface area contributed by atoms with Gasteiger partial charge in [-0.05, 0) is 38.8 Å². The highest BCUT2D eigenvalue weighted by molar-refractivity contribution is 5.84. The Morgan fingerprint density at radius 2 is 1.97 bits per heavy atom. The van der Waals surface area contributed by atoms with Crippen LogP contribution >= 0.6 is 0 Å². The second kappa shape index (κ2) is 9.10. The van der Waals surface area contributed by atoms with Gasteiger partial charge in [-0.3, -0.25) is 19.7 Å². The number of ether oxygens (including phenoxy) is 1. The van der Waals surface area contributed by atoms with E-state index in [0.717, 1.165) is 12.1 Å². The largest absolute Gasteiger partial charge is 0.452 e. The summed E-state index contributed by atoms with van der Waals surface area (Å²) in [7, 11) is 0. The Bertz CT molecular complexity index is 776. The average molecular weight is 417 g/mol. The summed E-state index contributed by atoms with van der Waals surface area (Å²) in [6, 6.07) is 2.40. The van der Waals surface area contributed by atoms with Crippen LogP contribution in [-0.2, 0) is 20.5 Å². The van der Waals surface area contributed by atoms with E-state index in [9.17, 15) is 32.9 Å². The normalized spacial score (nSPS) is 16.2. The smallest absolute Gasteiger partial charge is 0.416 e. The van der Waals surface area contributed by atoms with E-state index in [-0.39, 0.29) is 18.8 Å². The summed E-state index contributed by atoms with van der Waals surface area (Å²) in [6.07, 6.45) is -5.00. The van der Waals surface area contributed by atoms with Crippen molar-refractivity contribution in [1.82, 2.24) is 5.32 Å². The first-order valence-corrected chi connectivity index (χ1v) is 9.13. The van der Waals surface area contributed by atoms with Crippen molar-refractivity contribution in [2.45, 2.75) is 39.0 Å². The number of anilines is 1. The molecular formula is C18H22F3N3O5.